The number of benzene rings is 2. The average molecular weight is 264 g/mol. The van der Waals surface area contributed by atoms with Gasteiger partial charge in [0.05, 0.1) is 11.3 Å². The van der Waals surface area contributed by atoms with E-state index in [2.05, 4.69) is 0 Å². The van der Waals surface area contributed by atoms with Gasteiger partial charge in [0, 0.05) is 10.6 Å². The summed E-state index contributed by atoms with van der Waals surface area (Å²) in [5.41, 5.74) is 6.47. The van der Waals surface area contributed by atoms with Crippen LogP contribution < -0.4 is 5.73 Å². The highest BCUT2D eigenvalue weighted by Crippen LogP contribution is 2.38. The Morgan fingerprint density at radius 2 is 1.83 bits per heavy atom. The SMILES string of the molecule is Nc1cc(Cl)cc(-c2ccccc2C(=O)O)c1O. The molecule has 0 atom stereocenters. The van der Waals surface area contributed by atoms with E-state index in [1.807, 2.05) is 0 Å². The monoisotopic (exact) mass is 263 g/mol. The lowest BCUT2D eigenvalue weighted by atomic mass is 9.98. The Labute approximate surface area is 108 Å². The lowest BCUT2D eigenvalue weighted by Crippen LogP contribution is -1.99. The van der Waals surface area contributed by atoms with E-state index < -0.39 is 5.97 Å². The molecule has 0 saturated carbocycles. The number of phenols is 1. The molecule has 0 aliphatic heterocycles. The maximum Gasteiger partial charge on any atom is 0.336 e. The quantitative estimate of drug-likeness (QED) is 0.574. The number of hydrogen-bond donors (Lipinski definition) is 3. The van der Waals surface area contributed by atoms with Crippen LogP contribution in [0.25, 0.3) is 11.1 Å². The van der Waals surface area contributed by atoms with Crippen LogP contribution in [0.2, 0.25) is 5.02 Å². The summed E-state index contributed by atoms with van der Waals surface area (Å²) in [7, 11) is 0. The Morgan fingerprint density at radius 3 is 2.50 bits per heavy atom. The first kappa shape index (κ1) is 12.3. The van der Waals surface area contributed by atoms with E-state index in [0.717, 1.165) is 0 Å². The van der Waals surface area contributed by atoms with Crippen molar-refractivity contribution >= 4 is 23.3 Å². The molecule has 0 fully saturated rings. The minimum atomic E-state index is -1.08. The maximum atomic E-state index is 11.1. The zero-order valence-corrected chi connectivity index (χ0v) is 9.98. The molecular weight excluding hydrogens is 254 g/mol. The number of rotatable bonds is 2. The molecule has 2 aromatic carbocycles. The fourth-order valence-electron chi connectivity index (χ4n) is 1.73. The number of anilines is 1. The van der Waals surface area contributed by atoms with Gasteiger partial charge in [0.15, 0.2) is 0 Å². The van der Waals surface area contributed by atoms with Crippen molar-refractivity contribution in [1.82, 2.24) is 0 Å². The van der Waals surface area contributed by atoms with Gasteiger partial charge in [0.2, 0.25) is 0 Å². The van der Waals surface area contributed by atoms with E-state index in [-0.39, 0.29) is 17.0 Å². The molecule has 2 rings (SSSR count). The summed E-state index contributed by atoms with van der Waals surface area (Å²) >= 11 is 5.87. The molecule has 0 bridgehead atoms. The van der Waals surface area contributed by atoms with Gasteiger partial charge in [-0.05, 0) is 23.8 Å². The van der Waals surface area contributed by atoms with Crippen LogP contribution in [0.3, 0.4) is 0 Å². The summed E-state index contributed by atoms with van der Waals surface area (Å²) in [5.74, 6) is -1.25. The second-order valence-electron chi connectivity index (χ2n) is 3.74. The molecule has 0 aliphatic rings. The fourth-order valence-corrected chi connectivity index (χ4v) is 1.96. The van der Waals surface area contributed by atoms with Crippen molar-refractivity contribution in [2.45, 2.75) is 0 Å². The van der Waals surface area contributed by atoms with Crippen LogP contribution in [0.1, 0.15) is 10.4 Å². The van der Waals surface area contributed by atoms with Crippen LogP contribution in [0.5, 0.6) is 5.75 Å². The van der Waals surface area contributed by atoms with E-state index >= 15 is 0 Å². The second kappa shape index (κ2) is 4.58. The predicted octanol–water partition coefficient (Wildman–Crippen LogP) is 2.99. The molecule has 0 aliphatic carbocycles. The van der Waals surface area contributed by atoms with E-state index in [1.165, 1.54) is 18.2 Å². The highest BCUT2D eigenvalue weighted by Gasteiger charge is 2.15. The average Bonchev–Trinajstić information content (AvgIpc) is 2.33. The first-order valence-corrected chi connectivity index (χ1v) is 5.49. The maximum absolute atomic E-state index is 11.1. The molecule has 92 valence electrons. The van der Waals surface area contributed by atoms with Gasteiger partial charge in [-0.1, -0.05) is 29.8 Å². The molecular formula is C13H10ClNO3. The topological polar surface area (TPSA) is 83.6 Å². The molecule has 0 amide bonds. The van der Waals surface area contributed by atoms with Crippen molar-refractivity contribution in [2.24, 2.45) is 0 Å². The third kappa shape index (κ3) is 2.10. The normalized spacial score (nSPS) is 10.3. The van der Waals surface area contributed by atoms with Crippen molar-refractivity contribution in [3.8, 4) is 16.9 Å². The Bertz CT molecular complexity index is 626. The standard InChI is InChI=1S/C13H10ClNO3/c14-7-5-10(12(16)11(15)6-7)8-3-1-2-4-9(8)13(17)18/h1-6,16H,15H2,(H,17,18). The number of carboxylic acid groups (broad SMARTS) is 1. The van der Waals surface area contributed by atoms with Gasteiger partial charge in [-0.3, -0.25) is 0 Å². The molecule has 0 heterocycles. The van der Waals surface area contributed by atoms with Crippen LogP contribution in [0.15, 0.2) is 36.4 Å². The first-order chi connectivity index (χ1) is 8.50. The molecule has 0 saturated heterocycles. The van der Waals surface area contributed by atoms with Gasteiger partial charge in [-0.25, -0.2) is 4.79 Å². The van der Waals surface area contributed by atoms with Crippen LogP contribution in [-0.4, -0.2) is 16.2 Å². The van der Waals surface area contributed by atoms with E-state index in [0.29, 0.717) is 16.1 Å². The predicted molar refractivity (Wildman–Crippen MR) is 69.9 cm³/mol. The van der Waals surface area contributed by atoms with Crippen molar-refractivity contribution in [2.75, 3.05) is 5.73 Å². The number of carbonyl (C=O) groups is 1. The summed E-state index contributed by atoms with van der Waals surface area (Å²) in [5, 5.41) is 19.3. The number of aromatic hydroxyl groups is 1. The minimum Gasteiger partial charge on any atom is -0.505 e. The van der Waals surface area contributed by atoms with E-state index in [1.54, 1.807) is 18.2 Å². The summed E-state index contributed by atoms with van der Waals surface area (Å²) < 4.78 is 0. The molecule has 0 aromatic heterocycles. The van der Waals surface area contributed by atoms with E-state index in [9.17, 15) is 9.90 Å². The smallest absolute Gasteiger partial charge is 0.336 e. The van der Waals surface area contributed by atoms with Crippen molar-refractivity contribution in [3.63, 3.8) is 0 Å². The minimum absolute atomic E-state index is 0.0782. The third-order valence-corrected chi connectivity index (χ3v) is 2.77. The van der Waals surface area contributed by atoms with Gasteiger partial charge < -0.3 is 15.9 Å². The van der Waals surface area contributed by atoms with Gasteiger partial charge in [0.25, 0.3) is 0 Å². The van der Waals surface area contributed by atoms with Gasteiger partial charge in [-0.2, -0.15) is 0 Å². The van der Waals surface area contributed by atoms with Crippen LogP contribution in [-0.2, 0) is 0 Å². The summed E-state index contributed by atoms with van der Waals surface area (Å²) in [6, 6.07) is 9.22. The number of aromatic carboxylic acids is 1. The van der Waals surface area contributed by atoms with Crippen LogP contribution in [0, 0.1) is 0 Å². The van der Waals surface area contributed by atoms with Gasteiger partial charge >= 0.3 is 5.97 Å². The summed E-state index contributed by atoms with van der Waals surface area (Å²) in [6.45, 7) is 0. The Kier molecular flexibility index (Phi) is 3.12. The number of carboxylic acids is 1. The van der Waals surface area contributed by atoms with Gasteiger partial charge in [-0.15, -0.1) is 0 Å². The van der Waals surface area contributed by atoms with Crippen LogP contribution in [0.4, 0.5) is 5.69 Å². The first-order valence-electron chi connectivity index (χ1n) is 5.11. The summed E-state index contributed by atoms with van der Waals surface area (Å²) in [4.78, 5) is 11.1. The fraction of sp³-hybridized carbons (Fsp3) is 0. The molecule has 5 heteroatoms. The largest absolute Gasteiger partial charge is 0.505 e. The molecule has 4 nitrogen and oxygen atoms in total. The van der Waals surface area contributed by atoms with Crippen molar-refractivity contribution in [1.29, 1.82) is 0 Å². The molecule has 18 heavy (non-hydrogen) atoms. The van der Waals surface area contributed by atoms with Crippen molar-refractivity contribution < 1.29 is 15.0 Å². The number of halogens is 1. The Balaban J connectivity index is 2.73. The lowest BCUT2D eigenvalue weighted by Gasteiger charge is -2.10. The molecule has 0 unspecified atom stereocenters. The number of nitrogens with two attached hydrogens (primary N) is 1. The highest BCUT2D eigenvalue weighted by molar-refractivity contribution is 6.31. The van der Waals surface area contributed by atoms with E-state index in [4.69, 9.17) is 22.4 Å². The Hall–Kier alpha value is -2.20. The molecule has 2 aromatic rings. The van der Waals surface area contributed by atoms with Crippen LogP contribution >= 0.6 is 11.6 Å². The number of nitrogen functional groups attached to an aromatic ring is 1. The highest BCUT2D eigenvalue weighted by atomic mass is 35.5. The Morgan fingerprint density at radius 1 is 1.17 bits per heavy atom. The lowest BCUT2D eigenvalue weighted by molar-refractivity contribution is 0.0698. The second-order valence-corrected chi connectivity index (χ2v) is 4.18. The number of hydrogen-bond acceptors (Lipinski definition) is 3. The zero-order valence-electron chi connectivity index (χ0n) is 9.22. The van der Waals surface area contributed by atoms with Gasteiger partial charge in [0.1, 0.15) is 5.75 Å². The number of phenolic OH excluding ortho intramolecular Hbond substituents is 1. The third-order valence-electron chi connectivity index (χ3n) is 2.55. The molecule has 0 radical (unpaired) electrons. The zero-order chi connectivity index (χ0) is 13.3. The molecule has 4 N–H and O–H groups in total. The molecule has 0 spiro atoms. The van der Waals surface area contributed by atoms with Crippen molar-refractivity contribution in [3.05, 3.63) is 47.0 Å². The summed E-state index contributed by atoms with van der Waals surface area (Å²) in [6.07, 6.45) is 0.